The molecule has 8 rings (SSSR count). The minimum Gasteiger partial charge on any atom is -0.507 e. The van der Waals surface area contributed by atoms with Crippen LogP contribution < -0.4 is 0 Å². The molecule has 4 aliphatic heterocycles. The topological polar surface area (TPSA) is 374 Å². The van der Waals surface area contributed by atoms with Gasteiger partial charge in [-0.25, -0.2) is 24.0 Å². The lowest BCUT2D eigenvalue weighted by Gasteiger charge is -2.33. The van der Waals surface area contributed by atoms with E-state index in [1.54, 1.807) is 0 Å². The van der Waals surface area contributed by atoms with Gasteiger partial charge in [-0.3, -0.25) is 0 Å². The van der Waals surface area contributed by atoms with E-state index in [1.807, 2.05) is 0 Å². The van der Waals surface area contributed by atoms with Crippen LogP contribution in [-0.4, -0.2) is 122 Å². The number of aliphatic hydroxyl groups excluding tert-OH is 2. The average molecular weight is 809 g/mol. The summed E-state index contributed by atoms with van der Waals surface area (Å²) < 4.78 is 26.9. The van der Waals surface area contributed by atoms with Gasteiger partial charge in [0.05, 0.1) is 44.5 Å². The highest BCUT2D eigenvalue weighted by Crippen LogP contribution is 2.55. The van der Waals surface area contributed by atoms with Gasteiger partial charge in [0.15, 0.2) is 58.9 Å². The van der Waals surface area contributed by atoms with Crippen LogP contribution in [0.2, 0.25) is 0 Å². The lowest BCUT2D eigenvalue weighted by molar-refractivity contribution is -0.146. The molecule has 0 radical (unpaired) electrons. The first-order chi connectivity index (χ1) is 27.3. The van der Waals surface area contributed by atoms with E-state index in [9.17, 15) is 85.3 Å². The molecule has 58 heavy (non-hydrogen) atoms. The molecule has 22 nitrogen and oxygen atoms in total. The van der Waals surface area contributed by atoms with Crippen molar-refractivity contribution in [1.82, 2.24) is 0 Å². The van der Waals surface area contributed by atoms with Crippen molar-refractivity contribution in [2.75, 3.05) is 6.61 Å². The van der Waals surface area contributed by atoms with Gasteiger partial charge in [-0.05, 0) is 24.3 Å². The Hall–Kier alpha value is -7.85. The normalized spacial score (nSPS) is 23.4. The summed E-state index contributed by atoms with van der Waals surface area (Å²) >= 11 is 0. The Morgan fingerprint density at radius 2 is 0.879 bits per heavy atom. The zero-order chi connectivity index (χ0) is 42.0. The van der Waals surface area contributed by atoms with E-state index in [0.717, 1.165) is 6.07 Å². The van der Waals surface area contributed by atoms with Gasteiger partial charge < -0.3 is 85.0 Å². The highest BCUT2D eigenvalue weighted by molar-refractivity contribution is 6.09. The summed E-state index contributed by atoms with van der Waals surface area (Å²) in [4.78, 5) is 68.2. The van der Waals surface area contributed by atoms with Crippen LogP contribution in [0.5, 0.6) is 57.5 Å². The Balaban J connectivity index is 1.39. The maximum atomic E-state index is 14.1. The number of carbonyl (C=O) groups is 5. The monoisotopic (exact) mass is 808 g/mol. The molecule has 0 saturated heterocycles. The summed E-state index contributed by atoms with van der Waals surface area (Å²) in [6, 6.07) is 2.27. The molecule has 0 spiro atoms. The minimum absolute atomic E-state index is 0.423. The molecule has 300 valence electrons. The van der Waals surface area contributed by atoms with Crippen molar-refractivity contribution in [2.45, 2.75) is 36.6 Å². The number of fused-ring (bicyclic) bond motifs is 6. The van der Waals surface area contributed by atoms with E-state index in [2.05, 4.69) is 0 Å². The summed E-state index contributed by atoms with van der Waals surface area (Å²) in [5.41, 5.74) is -8.17. The molecule has 0 aromatic heterocycles. The first-order valence-electron chi connectivity index (χ1n) is 16.4. The average Bonchev–Trinajstić information content (AvgIpc) is 3.70. The number of phenolic OH excluding ortho intramolecular Hbond substituents is 10. The van der Waals surface area contributed by atoms with Crippen molar-refractivity contribution in [2.24, 2.45) is 0 Å². The Morgan fingerprint density at radius 1 is 0.431 bits per heavy atom. The highest BCUT2D eigenvalue weighted by atomic mass is 16.6. The van der Waals surface area contributed by atoms with Crippen LogP contribution in [0.4, 0.5) is 0 Å². The number of aromatic hydroxyl groups is 10. The molecule has 22 heteroatoms. The minimum atomic E-state index is -2.65. The Kier molecular flexibility index (Phi) is 8.05. The van der Waals surface area contributed by atoms with Gasteiger partial charge in [0, 0.05) is 11.1 Å². The fraction of sp³-hybridized carbons (Fsp3) is 0.194. The zero-order valence-electron chi connectivity index (χ0n) is 28.4. The first-order valence-corrected chi connectivity index (χ1v) is 16.4. The third kappa shape index (κ3) is 5.08. The summed E-state index contributed by atoms with van der Waals surface area (Å²) in [5, 5.41) is 130. The van der Waals surface area contributed by atoms with E-state index >= 15 is 0 Å². The molecular weight excluding hydrogens is 784 g/mol. The number of cyclic esters (lactones) is 1. The highest BCUT2D eigenvalue weighted by Gasteiger charge is 2.52. The van der Waals surface area contributed by atoms with Gasteiger partial charge >= 0.3 is 29.8 Å². The predicted octanol–water partition coefficient (Wildman–Crippen LogP) is 0.538. The molecule has 12 N–H and O–H groups in total. The molecule has 0 fully saturated rings. The summed E-state index contributed by atoms with van der Waals surface area (Å²) in [5.74, 6) is -20.3. The van der Waals surface area contributed by atoms with Crippen molar-refractivity contribution in [3.8, 4) is 68.6 Å². The van der Waals surface area contributed by atoms with Crippen LogP contribution in [0.3, 0.4) is 0 Å². The van der Waals surface area contributed by atoms with Crippen LogP contribution in [-0.2, 0) is 23.7 Å². The maximum absolute atomic E-state index is 14.1. The molecule has 4 aromatic rings. The summed E-state index contributed by atoms with van der Waals surface area (Å²) in [6.07, 6.45) is -14.2. The quantitative estimate of drug-likeness (QED) is 0.0655. The number of carbonyl (C=O) groups excluding carboxylic acids is 5. The Morgan fingerprint density at radius 3 is 1.48 bits per heavy atom. The maximum Gasteiger partial charge on any atom is 0.339 e. The van der Waals surface area contributed by atoms with Gasteiger partial charge in [-0.1, -0.05) is 0 Å². The van der Waals surface area contributed by atoms with Gasteiger partial charge in [0.25, 0.3) is 0 Å². The second kappa shape index (κ2) is 12.6. The second-order valence-electron chi connectivity index (χ2n) is 13.2. The number of benzene rings is 4. The largest absolute Gasteiger partial charge is 0.507 e. The SMILES string of the molecule is O=C1OC[C@H]2OC(=O)c3cc(O)c(O)c(O)c3[C@@H]3OC(=O)c4cc5c(c(O)c43)[C@H](OC5=O)[C@H](O)[C@H](O)[C@@H]2OC(=O)c2cc(O)c(O)c(O)c2-c2c1cc(O)c(O)c2O. The van der Waals surface area contributed by atoms with Crippen LogP contribution in [0, 0.1) is 0 Å². The molecule has 4 aromatic carbocycles. The van der Waals surface area contributed by atoms with E-state index < -0.39 is 186 Å². The van der Waals surface area contributed by atoms with Crippen LogP contribution in [0.1, 0.15) is 80.7 Å². The molecule has 0 aliphatic carbocycles. The lowest BCUT2D eigenvalue weighted by atomic mass is 9.87. The summed E-state index contributed by atoms with van der Waals surface area (Å²) in [6.45, 7) is -1.34. The van der Waals surface area contributed by atoms with Crippen molar-refractivity contribution >= 4 is 29.8 Å². The smallest absolute Gasteiger partial charge is 0.339 e. The fourth-order valence-corrected chi connectivity index (χ4v) is 7.27. The van der Waals surface area contributed by atoms with Crippen molar-refractivity contribution in [3.05, 3.63) is 68.8 Å². The number of rotatable bonds is 0. The molecule has 4 aliphatic rings. The molecule has 0 amide bonds. The van der Waals surface area contributed by atoms with Crippen molar-refractivity contribution in [3.63, 3.8) is 0 Å². The van der Waals surface area contributed by atoms with E-state index in [4.69, 9.17) is 23.7 Å². The Labute approximate surface area is 319 Å². The van der Waals surface area contributed by atoms with E-state index in [1.165, 1.54) is 0 Å². The predicted molar refractivity (Wildman–Crippen MR) is 178 cm³/mol. The van der Waals surface area contributed by atoms with Crippen molar-refractivity contribution in [1.29, 1.82) is 0 Å². The number of aliphatic hydroxyl groups is 2. The number of hydrogen-bond donors (Lipinski definition) is 12. The third-order valence-corrected chi connectivity index (χ3v) is 10.0. The van der Waals surface area contributed by atoms with Crippen LogP contribution in [0.15, 0.2) is 24.3 Å². The molecule has 0 unspecified atom stereocenters. The zero-order valence-corrected chi connectivity index (χ0v) is 28.4. The van der Waals surface area contributed by atoms with Gasteiger partial charge in [0.1, 0.15) is 24.6 Å². The van der Waals surface area contributed by atoms with Crippen molar-refractivity contribution < 1.29 is 109 Å². The lowest BCUT2D eigenvalue weighted by Crippen LogP contribution is -2.52. The van der Waals surface area contributed by atoms with E-state index in [-0.39, 0.29) is 0 Å². The number of phenols is 10. The Bertz CT molecular complexity index is 2590. The molecular formula is C36H24O22. The number of hydrogen-bond acceptors (Lipinski definition) is 22. The second-order valence-corrected chi connectivity index (χ2v) is 13.2. The van der Waals surface area contributed by atoms with Crippen LogP contribution in [0.25, 0.3) is 11.1 Å². The molecule has 4 heterocycles. The standard InChI is InChI=1S/C36H24O22/c37-11-2-8-15(24(44)20(11)40)16-9(3-12(38)21(41)25(16)45)36(53)56-29-14(5-54-32(8)49)55-33(50)10-4-13(39)22(42)26(46)19(10)30-17-6(34(51)57-30)1-7-18(23(17)43)31(58-35(7)52)28(48)27(29)47/h1-4,14,27-31,37-48H,5H2/t14-,27+,28-,29-,30-,31+/m1/s1. The number of ether oxygens (including phenoxy) is 5. The first kappa shape index (κ1) is 37.1. The molecule has 0 saturated carbocycles. The fourth-order valence-electron chi connectivity index (χ4n) is 7.27. The molecule has 2 bridgehead atoms. The van der Waals surface area contributed by atoms with Gasteiger partial charge in [-0.2, -0.15) is 0 Å². The van der Waals surface area contributed by atoms with Crippen LogP contribution >= 0.6 is 0 Å². The third-order valence-electron chi connectivity index (χ3n) is 10.0. The summed E-state index contributed by atoms with van der Waals surface area (Å²) in [7, 11) is 0. The van der Waals surface area contributed by atoms with E-state index in [0.29, 0.717) is 18.2 Å². The van der Waals surface area contributed by atoms with Gasteiger partial charge in [-0.15, -0.1) is 0 Å². The molecule has 6 atom stereocenters. The number of esters is 5. The van der Waals surface area contributed by atoms with Gasteiger partial charge in [0.2, 0.25) is 17.2 Å².